The summed E-state index contributed by atoms with van der Waals surface area (Å²) in [5, 5.41) is 12.4. The Bertz CT molecular complexity index is 467. The van der Waals surface area contributed by atoms with Gasteiger partial charge in [0, 0.05) is 25.1 Å². The molecular formula is C21H41NO6S. The number of carbonyl (C=O) groups is 2. The molecule has 0 aromatic heterocycles. The third-order valence-corrected chi connectivity index (χ3v) is 4.63. The van der Waals surface area contributed by atoms with E-state index < -0.39 is 24.0 Å². The first-order chi connectivity index (χ1) is 13.5. The molecule has 0 fully saturated rings. The van der Waals surface area contributed by atoms with Crippen molar-refractivity contribution in [3.8, 4) is 0 Å². The molecule has 0 heterocycles. The Morgan fingerprint density at radius 2 is 1.79 bits per heavy atom. The Hall–Kier alpha value is -0.830. The second-order valence-corrected chi connectivity index (χ2v) is 9.11. The molecule has 172 valence electrons. The fraction of sp³-hybridized carbons (Fsp3) is 0.905. The first kappa shape index (κ1) is 28.2. The van der Waals surface area contributed by atoms with Crippen LogP contribution in [-0.2, 0) is 23.8 Å². The van der Waals surface area contributed by atoms with Crippen molar-refractivity contribution in [3.05, 3.63) is 0 Å². The number of thiol groups is 1. The summed E-state index contributed by atoms with van der Waals surface area (Å²) in [4.78, 5) is 23.5. The normalized spacial score (nSPS) is 15.1. The minimum Gasteiger partial charge on any atom is -0.460 e. The Balaban J connectivity index is 4.55. The summed E-state index contributed by atoms with van der Waals surface area (Å²) in [7, 11) is 0. The highest BCUT2D eigenvalue weighted by molar-refractivity contribution is 7.80. The Morgan fingerprint density at radius 1 is 1.14 bits per heavy atom. The van der Waals surface area contributed by atoms with Crippen molar-refractivity contribution < 1.29 is 28.9 Å². The van der Waals surface area contributed by atoms with E-state index in [0.717, 1.165) is 0 Å². The van der Waals surface area contributed by atoms with Crippen LogP contribution in [0.5, 0.6) is 0 Å². The maximum atomic E-state index is 12.0. The van der Waals surface area contributed by atoms with Crippen molar-refractivity contribution in [2.45, 2.75) is 85.2 Å². The lowest BCUT2D eigenvalue weighted by Gasteiger charge is -2.31. The van der Waals surface area contributed by atoms with Gasteiger partial charge in [-0.3, -0.25) is 9.59 Å². The van der Waals surface area contributed by atoms with Crippen LogP contribution in [0.3, 0.4) is 0 Å². The number of ether oxygens (including phenoxy) is 3. The number of aliphatic hydroxyl groups is 1. The molecule has 7 nitrogen and oxygen atoms in total. The van der Waals surface area contributed by atoms with Crippen molar-refractivity contribution in [1.29, 1.82) is 0 Å². The summed E-state index contributed by atoms with van der Waals surface area (Å²) in [6.07, 6.45) is 0.343. The van der Waals surface area contributed by atoms with E-state index in [2.05, 4.69) is 38.7 Å². The number of esters is 1. The third-order valence-electron chi connectivity index (χ3n) is 4.40. The first-order valence-corrected chi connectivity index (χ1v) is 11.1. The Morgan fingerprint density at radius 3 is 2.31 bits per heavy atom. The third kappa shape index (κ3) is 15.6. The SMILES string of the molecule is CC(C)C(C)CC(CO)OC(COC(=O)CCCC(=O)NCCS)OC(C)(C)C. The highest BCUT2D eigenvalue weighted by Gasteiger charge is 2.25. The van der Waals surface area contributed by atoms with Crippen molar-refractivity contribution >= 4 is 24.5 Å². The Labute approximate surface area is 181 Å². The molecule has 0 saturated heterocycles. The van der Waals surface area contributed by atoms with Gasteiger partial charge in [0.15, 0.2) is 6.29 Å². The van der Waals surface area contributed by atoms with Crippen LogP contribution in [0.2, 0.25) is 0 Å². The van der Waals surface area contributed by atoms with Crippen LogP contribution < -0.4 is 5.32 Å². The molecule has 0 aliphatic rings. The molecule has 0 saturated carbocycles. The van der Waals surface area contributed by atoms with E-state index in [-0.39, 0.29) is 32.0 Å². The van der Waals surface area contributed by atoms with Gasteiger partial charge in [-0.05, 0) is 45.4 Å². The molecule has 0 aliphatic carbocycles. The number of amides is 1. The van der Waals surface area contributed by atoms with Gasteiger partial charge in [-0.2, -0.15) is 12.6 Å². The van der Waals surface area contributed by atoms with Crippen molar-refractivity contribution in [1.82, 2.24) is 5.32 Å². The largest absolute Gasteiger partial charge is 0.460 e. The molecule has 0 aliphatic heterocycles. The number of rotatable bonds is 15. The minimum atomic E-state index is -0.769. The van der Waals surface area contributed by atoms with Crippen molar-refractivity contribution in [2.24, 2.45) is 11.8 Å². The molecule has 0 bridgehead atoms. The van der Waals surface area contributed by atoms with Crippen LogP contribution in [0.25, 0.3) is 0 Å². The van der Waals surface area contributed by atoms with Crippen LogP contribution in [0, 0.1) is 11.8 Å². The van der Waals surface area contributed by atoms with Gasteiger partial charge >= 0.3 is 5.97 Å². The molecule has 8 heteroatoms. The number of hydrogen-bond acceptors (Lipinski definition) is 7. The van der Waals surface area contributed by atoms with Crippen LogP contribution >= 0.6 is 12.6 Å². The van der Waals surface area contributed by atoms with Gasteiger partial charge in [0.25, 0.3) is 0 Å². The topological polar surface area (TPSA) is 94.1 Å². The maximum absolute atomic E-state index is 12.0. The van der Waals surface area contributed by atoms with Gasteiger partial charge < -0.3 is 24.6 Å². The van der Waals surface area contributed by atoms with E-state index in [1.165, 1.54) is 0 Å². The average molecular weight is 436 g/mol. The fourth-order valence-electron chi connectivity index (χ4n) is 2.48. The summed E-state index contributed by atoms with van der Waals surface area (Å²) in [5.74, 6) is 0.910. The average Bonchev–Trinajstić information content (AvgIpc) is 2.62. The molecule has 0 aromatic carbocycles. The van der Waals surface area contributed by atoms with Crippen molar-refractivity contribution in [2.75, 3.05) is 25.5 Å². The van der Waals surface area contributed by atoms with Gasteiger partial charge in [0.1, 0.15) is 6.61 Å². The maximum Gasteiger partial charge on any atom is 0.305 e. The summed E-state index contributed by atoms with van der Waals surface area (Å²) < 4.78 is 17.1. The van der Waals surface area contributed by atoms with Gasteiger partial charge in [-0.15, -0.1) is 0 Å². The van der Waals surface area contributed by atoms with E-state index >= 15 is 0 Å². The molecule has 29 heavy (non-hydrogen) atoms. The van der Waals surface area contributed by atoms with Gasteiger partial charge in [-0.1, -0.05) is 20.8 Å². The number of hydrogen-bond donors (Lipinski definition) is 3. The molecule has 0 spiro atoms. The monoisotopic (exact) mass is 435 g/mol. The molecule has 0 aromatic rings. The van der Waals surface area contributed by atoms with Gasteiger partial charge in [0.05, 0.1) is 18.3 Å². The summed E-state index contributed by atoms with van der Waals surface area (Å²) in [5.41, 5.74) is -0.494. The molecule has 0 radical (unpaired) electrons. The van der Waals surface area contributed by atoms with Crippen LogP contribution in [-0.4, -0.2) is 60.5 Å². The molecular weight excluding hydrogens is 394 g/mol. The van der Waals surface area contributed by atoms with E-state index in [0.29, 0.717) is 37.0 Å². The predicted octanol–water partition coefficient (Wildman–Crippen LogP) is 2.95. The molecule has 1 amide bonds. The van der Waals surface area contributed by atoms with Crippen LogP contribution in [0.4, 0.5) is 0 Å². The molecule has 3 unspecified atom stereocenters. The van der Waals surface area contributed by atoms with Crippen LogP contribution in [0.1, 0.15) is 67.2 Å². The first-order valence-electron chi connectivity index (χ1n) is 10.5. The molecule has 3 atom stereocenters. The lowest BCUT2D eigenvalue weighted by molar-refractivity contribution is -0.240. The smallest absolute Gasteiger partial charge is 0.305 e. The zero-order chi connectivity index (χ0) is 22.4. The highest BCUT2D eigenvalue weighted by Crippen LogP contribution is 2.21. The van der Waals surface area contributed by atoms with Gasteiger partial charge in [-0.25, -0.2) is 0 Å². The fourth-order valence-corrected chi connectivity index (χ4v) is 2.59. The molecule has 2 N–H and O–H groups in total. The van der Waals surface area contributed by atoms with Gasteiger partial charge in [0.2, 0.25) is 5.91 Å². The second kappa shape index (κ2) is 15.0. The summed E-state index contributed by atoms with van der Waals surface area (Å²) in [6.45, 7) is 12.4. The minimum absolute atomic E-state index is 0.0610. The highest BCUT2D eigenvalue weighted by atomic mass is 32.1. The molecule has 0 rings (SSSR count). The number of carbonyl (C=O) groups excluding carboxylic acids is 2. The van der Waals surface area contributed by atoms with E-state index in [4.69, 9.17) is 14.2 Å². The number of aliphatic hydroxyl groups excluding tert-OH is 1. The lowest BCUT2D eigenvalue weighted by Crippen LogP contribution is -2.38. The predicted molar refractivity (Wildman–Crippen MR) is 117 cm³/mol. The standard InChI is InChI=1S/C21H41NO6S/c1-15(2)16(3)12-17(13-23)27-20(28-21(4,5)6)14-26-19(25)9-7-8-18(24)22-10-11-29/h15-17,20,23,29H,7-14H2,1-6H3,(H,22,24). The zero-order valence-electron chi connectivity index (χ0n) is 18.9. The van der Waals surface area contributed by atoms with Crippen molar-refractivity contribution in [3.63, 3.8) is 0 Å². The Kier molecular flexibility index (Phi) is 14.6. The summed E-state index contributed by atoms with van der Waals surface area (Å²) >= 11 is 4.03. The van der Waals surface area contributed by atoms with E-state index in [9.17, 15) is 14.7 Å². The summed E-state index contributed by atoms with van der Waals surface area (Å²) in [6, 6.07) is 0. The lowest BCUT2D eigenvalue weighted by atomic mass is 9.92. The quantitative estimate of drug-likeness (QED) is 0.208. The van der Waals surface area contributed by atoms with E-state index in [1.807, 2.05) is 20.8 Å². The second-order valence-electron chi connectivity index (χ2n) is 8.67. The van der Waals surface area contributed by atoms with E-state index in [1.54, 1.807) is 0 Å². The zero-order valence-corrected chi connectivity index (χ0v) is 19.8. The van der Waals surface area contributed by atoms with Crippen LogP contribution in [0.15, 0.2) is 0 Å². The number of nitrogens with one attached hydrogen (secondary N) is 1.